The van der Waals surface area contributed by atoms with E-state index in [2.05, 4.69) is 15.7 Å². The zero-order valence-electron chi connectivity index (χ0n) is 22.1. The number of benzene rings is 1. The molecule has 11 heteroatoms. The summed E-state index contributed by atoms with van der Waals surface area (Å²) < 4.78 is 19.3. The van der Waals surface area contributed by atoms with E-state index >= 15 is 0 Å². The molecule has 0 radical (unpaired) electrons. The number of amides is 3. The molecule has 1 aromatic carbocycles. The third kappa shape index (κ3) is 5.68. The Morgan fingerprint density at radius 3 is 2.63 bits per heavy atom. The van der Waals surface area contributed by atoms with E-state index in [0.29, 0.717) is 61.6 Å². The Balaban J connectivity index is 1.23. The summed E-state index contributed by atoms with van der Waals surface area (Å²) in [4.78, 5) is 40.5. The van der Waals surface area contributed by atoms with Gasteiger partial charge in [0.1, 0.15) is 18.5 Å². The Bertz CT molecular complexity index is 1210. The van der Waals surface area contributed by atoms with Gasteiger partial charge in [-0.2, -0.15) is 5.10 Å². The van der Waals surface area contributed by atoms with Crippen molar-refractivity contribution in [3.63, 3.8) is 0 Å². The summed E-state index contributed by atoms with van der Waals surface area (Å²) in [5, 5.41) is 10.1. The van der Waals surface area contributed by atoms with Crippen LogP contribution in [-0.4, -0.2) is 77.5 Å². The molecule has 5 rings (SSSR count). The van der Waals surface area contributed by atoms with Crippen LogP contribution in [0.5, 0.6) is 5.75 Å². The van der Waals surface area contributed by atoms with Gasteiger partial charge in [-0.25, -0.2) is 0 Å². The fourth-order valence-electron chi connectivity index (χ4n) is 5.44. The highest BCUT2D eigenvalue weighted by atomic mass is 16.5. The number of hydrogen-bond acceptors (Lipinski definition) is 7. The van der Waals surface area contributed by atoms with Gasteiger partial charge in [-0.3, -0.25) is 19.1 Å². The number of carbonyl (C=O) groups excluding carboxylic acids is 3. The van der Waals surface area contributed by atoms with E-state index in [1.165, 1.54) is 0 Å². The van der Waals surface area contributed by atoms with E-state index in [1.807, 2.05) is 14.0 Å². The third-order valence-corrected chi connectivity index (χ3v) is 7.57. The predicted molar refractivity (Wildman–Crippen MR) is 139 cm³/mol. The van der Waals surface area contributed by atoms with Gasteiger partial charge < -0.3 is 29.7 Å². The lowest BCUT2D eigenvalue weighted by molar-refractivity contribution is -0.130. The molecule has 3 amide bonds. The molecule has 204 valence electrons. The van der Waals surface area contributed by atoms with Gasteiger partial charge >= 0.3 is 0 Å². The largest absolute Gasteiger partial charge is 0.490 e. The van der Waals surface area contributed by atoms with Gasteiger partial charge in [0.15, 0.2) is 0 Å². The number of fused-ring (bicyclic) bond motifs is 2. The maximum atomic E-state index is 13.5. The summed E-state index contributed by atoms with van der Waals surface area (Å²) in [6.07, 6.45) is 4.06. The second-order valence-corrected chi connectivity index (χ2v) is 10.3. The van der Waals surface area contributed by atoms with Crippen LogP contribution >= 0.6 is 0 Å². The number of anilines is 2. The average molecular weight is 526 g/mol. The van der Waals surface area contributed by atoms with Crippen LogP contribution in [0.15, 0.2) is 24.4 Å². The first-order chi connectivity index (χ1) is 18.3. The summed E-state index contributed by atoms with van der Waals surface area (Å²) in [5.74, 6) is -0.0377. The zero-order chi connectivity index (χ0) is 26.8. The van der Waals surface area contributed by atoms with Crippen molar-refractivity contribution in [1.29, 1.82) is 0 Å². The van der Waals surface area contributed by atoms with E-state index < -0.39 is 0 Å². The molecule has 3 aliphatic heterocycles. The molecule has 2 aromatic rings. The van der Waals surface area contributed by atoms with Crippen molar-refractivity contribution in [3.8, 4) is 5.75 Å². The van der Waals surface area contributed by atoms with Gasteiger partial charge in [0.2, 0.25) is 11.8 Å². The summed E-state index contributed by atoms with van der Waals surface area (Å²) >= 11 is 0. The SMILES string of the molecule is Cc1nn(C)cc1NC(=O)C[C@@H]1CC[C@H]2[C@@H](COc3ccc(NC(=O)C4CCOCC4)cc3C(=O)N2C)O1. The van der Waals surface area contributed by atoms with Crippen LogP contribution < -0.4 is 15.4 Å². The van der Waals surface area contributed by atoms with Gasteiger partial charge in [-0.05, 0) is 50.8 Å². The van der Waals surface area contributed by atoms with Crippen LogP contribution in [0, 0.1) is 12.8 Å². The molecule has 2 N–H and O–H groups in total. The van der Waals surface area contributed by atoms with Crippen LogP contribution in [0.1, 0.15) is 48.2 Å². The summed E-state index contributed by atoms with van der Waals surface area (Å²) in [6.45, 7) is 3.26. The van der Waals surface area contributed by atoms with Crippen LogP contribution in [0.25, 0.3) is 0 Å². The molecule has 38 heavy (non-hydrogen) atoms. The maximum absolute atomic E-state index is 13.5. The second-order valence-electron chi connectivity index (χ2n) is 10.3. The van der Waals surface area contributed by atoms with Crippen LogP contribution in [0.2, 0.25) is 0 Å². The molecule has 11 nitrogen and oxygen atoms in total. The number of nitrogens with zero attached hydrogens (tertiary/aromatic N) is 3. The van der Waals surface area contributed by atoms with Crippen LogP contribution in [-0.2, 0) is 26.1 Å². The number of likely N-dealkylation sites (N-methyl/N-ethyl adjacent to an activating group) is 1. The Hall–Kier alpha value is -3.44. The third-order valence-electron chi connectivity index (χ3n) is 7.57. The number of carbonyl (C=O) groups is 3. The van der Waals surface area contributed by atoms with Crippen molar-refractivity contribution >= 4 is 29.1 Å². The molecule has 2 saturated heterocycles. The molecule has 0 aliphatic carbocycles. The molecule has 0 unspecified atom stereocenters. The van der Waals surface area contributed by atoms with E-state index in [4.69, 9.17) is 14.2 Å². The Labute approximate surface area is 221 Å². The number of ether oxygens (including phenoxy) is 3. The number of aromatic nitrogens is 2. The summed E-state index contributed by atoms with van der Waals surface area (Å²) in [7, 11) is 3.58. The fourth-order valence-corrected chi connectivity index (χ4v) is 5.44. The van der Waals surface area contributed by atoms with Crippen molar-refractivity contribution < 1.29 is 28.6 Å². The lowest BCUT2D eigenvalue weighted by Crippen LogP contribution is -2.53. The molecule has 0 bridgehead atoms. The van der Waals surface area contributed by atoms with Gasteiger partial charge in [0, 0.05) is 45.1 Å². The molecule has 0 spiro atoms. The number of hydrogen-bond donors (Lipinski definition) is 2. The monoisotopic (exact) mass is 525 g/mol. The summed E-state index contributed by atoms with van der Waals surface area (Å²) in [6, 6.07) is 4.96. The highest BCUT2D eigenvalue weighted by molar-refractivity contribution is 6.00. The molecule has 3 atom stereocenters. The van der Waals surface area contributed by atoms with Crippen molar-refractivity contribution in [3.05, 3.63) is 35.7 Å². The first-order valence-electron chi connectivity index (χ1n) is 13.2. The highest BCUT2D eigenvalue weighted by Gasteiger charge is 2.39. The Morgan fingerprint density at radius 2 is 1.89 bits per heavy atom. The molecule has 1 aromatic heterocycles. The second kappa shape index (κ2) is 11.1. The molecule has 3 aliphatic rings. The molecular formula is C27H35N5O6. The van der Waals surface area contributed by atoms with Gasteiger partial charge in [-0.15, -0.1) is 0 Å². The lowest BCUT2D eigenvalue weighted by Gasteiger charge is -2.42. The first-order valence-corrected chi connectivity index (χ1v) is 13.2. The van der Waals surface area contributed by atoms with Gasteiger partial charge in [0.05, 0.1) is 35.5 Å². The highest BCUT2D eigenvalue weighted by Crippen LogP contribution is 2.33. The Morgan fingerprint density at radius 1 is 1.11 bits per heavy atom. The minimum Gasteiger partial charge on any atom is -0.490 e. The standard InChI is InChI=1S/C27H35N5O6/c1-16-21(14-31(2)30-16)29-25(33)13-19-5-6-22-24(38-19)15-37-23-7-4-18(12-20(23)27(35)32(22)3)28-26(34)17-8-10-36-11-9-17/h4,7,12,14,17,19,22,24H,5-6,8-11,13,15H2,1-3H3,(H,28,34)(H,29,33)/t19-,22-,24+/m0/s1. The first kappa shape index (κ1) is 26.2. The number of aryl methyl sites for hydroxylation is 2. The van der Waals surface area contributed by atoms with Crippen molar-refractivity contribution in [2.75, 3.05) is 37.5 Å². The lowest BCUT2D eigenvalue weighted by atomic mass is 9.94. The van der Waals surface area contributed by atoms with Crippen LogP contribution in [0.4, 0.5) is 11.4 Å². The molecule has 4 heterocycles. The summed E-state index contributed by atoms with van der Waals surface area (Å²) in [5.41, 5.74) is 2.41. The fraction of sp³-hybridized carbons (Fsp3) is 0.556. The zero-order valence-corrected chi connectivity index (χ0v) is 22.1. The van der Waals surface area contributed by atoms with E-state index in [-0.39, 0.29) is 54.9 Å². The van der Waals surface area contributed by atoms with Gasteiger partial charge in [0.25, 0.3) is 5.91 Å². The molecule has 0 saturated carbocycles. The molecule has 2 fully saturated rings. The Kier molecular flexibility index (Phi) is 7.66. The average Bonchev–Trinajstić information content (AvgIpc) is 3.22. The van der Waals surface area contributed by atoms with E-state index in [1.54, 1.807) is 41.0 Å². The quantitative estimate of drug-likeness (QED) is 0.615. The molecular weight excluding hydrogens is 490 g/mol. The number of nitrogens with one attached hydrogen (secondary N) is 2. The van der Waals surface area contributed by atoms with Crippen molar-refractivity contribution in [1.82, 2.24) is 14.7 Å². The van der Waals surface area contributed by atoms with Crippen LogP contribution in [0.3, 0.4) is 0 Å². The predicted octanol–water partition coefficient (Wildman–Crippen LogP) is 2.50. The maximum Gasteiger partial charge on any atom is 0.257 e. The minimum atomic E-state index is -0.364. The van der Waals surface area contributed by atoms with Gasteiger partial charge in [-0.1, -0.05) is 0 Å². The number of rotatable bonds is 5. The normalized spacial score (nSPS) is 23.9. The smallest absolute Gasteiger partial charge is 0.257 e. The minimum absolute atomic E-state index is 0.0599. The topological polar surface area (TPSA) is 124 Å². The van der Waals surface area contributed by atoms with E-state index in [9.17, 15) is 14.4 Å². The van der Waals surface area contributed by atoms with E-state index in [0.717, 1.165) is 5.69 Å². The van der Waals surface area contributed by atoms with Crippen molar-refractivity contribution in [2.24, 2.45) is 13.0 Å². The van der Waals surface area contributed by atoms with Crippen molar-refractivity contribution in [2.45, 2.75) is 57.3 Å².